The van der Waals surface area contributed by atoms with E-state index in [-0.39, 0.29) is 11.2 Å². The van der Waals surface area contributed by atoms with Crippen LogP contribution >= 0.6 is 0 Å². The molecule has 0 fully saturated rings. The number of benzene rings is 2. The van der Waals surface area contributed by atoms with Crippen molar-refractivity contribution in [2.45, 2.75) is 39.5 Å². The van der Waals surface area contributed by atoms with Crippen LogP contribution in [0.1, 0.15) is 29.4 Å². The molecule has 1 aliphatic rings. The summed E-state index contributed by atoms with van der Waals surface area (Å²) < 4.78 is 11.4. The number of aryl methyl sites for hydroxylation is 1. The van der Waals surface area contributed by atoms with Crippen LogP contribution in [0.25, 0.3) is 0 Å². The summed E-state index contributed by atoms with van der Waals surface area (Å²) in [5, 5.41) is 0. The standard InChI is InChI=1S/C23H23NO3/c1-16-7-3-4-9-19(16)14-27-23-15-26-20(12-22(23)25)13-24-17(2)11-18-8-5-6-10-21(18)24/h3-10,12,15,17H,11,13-14H2,1-2H3/t17-/m0/s1. The van der Waals surface area contributed by atoms with Gasteiger partial charge in [0, 0.05) is 17.8 Å². The Bertz CT molecular complexity index is 1010. The highest BCUT2D eigenvalue weighted by atomic mass is 16.5. The van der Waals surface area contributed by atoms with Crippen molar-refractivity contribution < 1.29 is 9.15 Å². The summed E-state index contributed by atoms with van der Waals surface area (Å²) >= 11 is 0. The minimum atomic E-state index is -0.148. The molecule has 0 saturated heterocycles. The van der Waals surface area contributed by atoms with Gasteiger partial charge in [0.05, 0.1) is 6.54 Å². The van der Waals surface area contributed by atoms with Crippen LogP contribution in [0.3, 0.4) is 0 Å². The van der Waals surface area contributed by atoms with Gasteiger partial charge in [0.25, 0.3) is 0 Å². The highest BCUT2D eigenvalue weighted by molar-refractivity contribution is 5.59. The SMILES string of the molecule is Cc1ccccc1COc1coc(CN2c3ccccc3C[C@@H]2C)cc1=O. The second-order valence-corrected chi connectivity index (χ2v) is 7.10. The maximum absolute atomic E-state index is 12.4. The fourth-order valence-corrected chi connectivity index (χ4v) is 3.59. The largest absolute Gasteiger partial charge is 0.482 e. The molecule has 0 radical (unpaired) electrons. The van der Waals surface area contributed by atoms with E-state index in [4.69, 9.17) is 9.15 Å². The lowest BCUT2D eigenvalue weighted by molar-refractivity contribution is 0.288. The van der Waals surface area contributed by atoms with Gasteiger partial charge in [0.15, 0.2) is 0 Å². The second-order valence-electron chi connectivity index (χ2n) is 7.10. The van der Waals surface area contributed by atoms with Crippen molar-refractivity contribution >= 4 is 5.69 Å². The van der Waals surface area contributed by atoms with Gasteiger partial charge in [0.1, 0.15) is 18.6 Å². The summed E-state index contributed by atoms with van der Waals surface area (Å²) in [5.74, 6) is 0.892. The molecular weight excluding hydrogens is 338 g/mol. The quantitative estimate of drug-likeness (QED) is 0.672. The first-order valence-corrected chi connectivity index (χ1v) is 9.25. The Morgan fingerprint density at radius 2 is 1.93 bits per heavy atom. The van der Waals surface area contributed by atoms with Crippen molar-refractivity contribution in [3.05, 3.63) is 93.5 Å². The van der Waals surface area contributed by atoms with Gasteiger partial charge in [-0.05, 0) is 43.0 Å². The van der Waals surface area contributed by atoms with E-state index in [1.165, 1.54) is 17.5 Å². The average molecular weight is 361 g/mol. The molecule has 27 heavy (non-hydrogen) atoms. The summed E-state index contributed by atoms with van der Waals surface area (Å²) in [4.78, 5) is 14.7. The topological polar surface area (TPSA) is 42.7 Å². The molecule has 0 N–H and O–H groups in total. The predicted molar refractivity (Wildman–Crippen MR) is 106 cm³/mol. The summed E-state index contributed by atoms with van der Waals surface area (Å²) in [7, 11) is 0. The Morgan fingerprint density at radius 3 is 2.74 bits per heavy atom. The van der Waals surface area contributed by atoms with E-state index in [0.29, 0.717) is 25.0 Å². The maximum atomic E-state index is 12.4. The monoisotopic (exact) mass is 361 g/mol. The average Bonchev–Trinajstić information content (AvgIpc) is 2.98. The van der Waals surface area contributed by atoms with Crippen molar-refractivity contribution in [1.29, 1.82) is 0 Å². The fourth-order valence-electron chi connectivity index (χ4n) is 3.59. The van der Waals surface area contributed by atoms with Crippen molar-refractivity contribution in [3.63, 3.8) is 0 Å². The molecule has 2 aromatic carbocycles. The molecule has 1 aliphatic heterocycles. The third kappa shape index (κ3) is 3.61. The van der Waals surface area contributed by atoms with Crippen LogP contribution < -0.4 is 15.1 Å². The highest BCUT2D eigenvalue weighted by Gasteiger charge is 2.26. The fraction of sp³-hybridized carbons (Fsp3) is 0.261. The summed E-state index contributed by atoms with van der Waals surface area (Å²) in [6, 6.07) is 18.3. The van der Waals surface area contributed by atoms with Crippen LogP contribution in [0.2, 0.25) is 0 Å². The van der Waals surface area contributed by atoms with Crippen LogP contribution in [0.4, 0.5) is 5.69 Å². The molecule has 0 bridgehead atoms. The zero-order valence-corrected chi connectivity index (χ0v) is 15.6. The second kappa shape index (κ2) is 7.31. The number of hydrogen-bond acceptors (Lipinski definition) is 4. The number of fused-ring (bicyclic) bond motifs is 1. The molecule has 0 amide bonds. The van der Waals surface area contributed by atoms with Crippen molar-refractivity contribution in [2.24, 2.45) is 0 Å². The molecular formula is C23H23NO3. The molecule has 0 saturated carbocycles. The Kier molecular flexibility index (Phi) is 4.71. The van der Waals surface area contributed by atoms with Gasteiger partial charge in [-0.15, -0.1) is 0 Å². The Balaban J connectivity index is 1.48. The number of nitrogens with zero attached hydrogens (tertiary/aromatic N) is 1. The van der Waals surface area contributed by atoms with E-state index in [9.17, 15) is 4.79 Å². The molecule has 3 aromatic rings. The lowest BCUT2D eigenvalue weighted by atomic mass is 10.1. The number of rotatable bonds is 5. The van der Waals surface area contributed by atoms with Crippen LogP contribution in [0.15, 0.2) is 70.1 Å². The summed E-state index contributed by atoms with van der Waals surface area (Å²) in [6.07, 6.45) is 2.45. The third-order valence-electron chi connectivity index (χ3n) is 5.17. The Hall–Kier alpha value is -3.01. The van der Waals surface area contributed by atoms with Crippen LogP contribution in [-0.2, 0) is 19.6 Å². The van der Waals surface area contributed by atoms with Crippen molar-refractivity contribution in [1.82, 2.24) is 0 Å². The Morgan fingerprint density at radius 1 is 1.15 bits per heavy atom. The third-order valence-corrected chi connectivity index (χ3v) is 5.17. The Labute approximate surface area is 159 Å². The maximum Gasteiger partial charge on any atom is 0.227 e. The molecule has 2 heterocycles. The van der Waals surface area contributed by atoms with Gasteiger partial charge in [-0.1, -0.05) is 42.5 Å². The van der Waals surface area contributed by atoms with E-state index in [1.807, 2.05) is 37.3 Å². The molecule has 138 valence electrons. The first-order valence-electron chi connectivity index (χ1n) is 9.25. The van der Waals surface area contributed by atoms with Crippen LogP contribution in [0.5, 0.6) is 5.75 Å². The summed E-state index contributed by atoms with van der Waals surface area (Å²) in [5.41, 5.74) is 4.60. The van der Waals surface area contributed by atoms with Crippen LogP contribution in [-0.4, -0.2) is 6.04 Å². The van der Waals surface area contributed by atoms with Gasteiger partial charge in [-0.2, -0.15) is 0 Å². The molecule has 1 aromatic heterocycles. The van der Waals surface area contributed by atoms with E-state index >= 15 is 0 Å². The molecule has 4 rings (SSSR count). The predicted octanol–water partition coefficient (Wildman–Crippen LogP) is 4.48. The van der Waals surface area contributed by atoms with Crippen molar-refractivity contribution in [2.75, 3.05) is 4.90 Å². The zero-order chi connectivity index (χ0) is 18.8. The lowest BCUT2D eigenvalue weighted by Crippen LogP contribution is -2.29. The van der Waals surface area contributed by atoms with Gasteiger partial charge >= 0.3 is 0 Å². The van der Waals surface area contributed by atoms with E-state index in [2.05, 4.69) is 30.0 Å². The van der Waals surface area contributed by atoms with E-state index in [0.717, 1.165) is 17.5 Å². The number of anilines is 1. The first-order chi connectivity index (χ1) is 13.1. The minimum absolute atomic E-state index is 0.148. The zero-order valence-electron chi connectivity index (χ0n) is 15.6. The number of hydrogen-bond donors (Lipinski definition) is 0. The van der Waals surface area contributed by atoms with E-state index in [1.54, 1.807) is 6.07 Å². The number of para-hydroxylation sites is 1. The molecule has 1 atom stereocenters. The minimum Gasteiger partial charge on any atom is -0.482 e. The van der Waals surface area contributed by atoms with Gasteiger partial charge in [0.2, 0.25) is 11.2 Å². The highest BCUT2D eigenvalue weighted by Crippen LogP contribution is 2.33. The van der Waals surface area contributed by atoms with Gasteiger partial charge in [-0.3, -0.25) is 4.79 Å². The normalized spacial score (nSPS) is 15.6. The number of ether oxygens (including phenoxy) is 1. The molecule has 0 aliphatic carbocycles. The van der Waals surface area contributed by atoms with Gasteiger partial charge in [-0.25, -0.2) is 0 Å². The van der Waals surface area contributed by atoms with Crippen molar-refractivity contribution in [3.8, 4) is 5.75 Å². The van der Waals surface area contributed by atoms with Crippen LogP contribution in [0, 0.1) is 6.92 Å². The summed E-state index contributed by atoms with van der Waals surface area (Å²) in [6.45, 7) is 5.15. The molecule has 4 nitrogen and oxygen atoms in total. The van der Waals surface area contributed by atoms with E-state index < -0.39 is 0 Å². The lowest BCUT2D eigenvalue weighted by Gasteiger charge is -2.24. The molecule has 4 heteroatoms. The van der Waals surface area contributed by atoms with Gasteiger partial charge < -0.3 is 14.1 Å². The first kappa shape index (κ1) is 17.4. The molecule has 0 unspecified atom stereocenters. The smallest absolute Gasteiger partial charge is 0.227 e. The molecule has 0 spiro atoms.